The molecule has 0 aliphatic heterocycles. The zero-order valence-corrected chi connectivity index (χ0v) is 18.2. The highest BCUT2D eigenvalue weighted by Crippen LogP contribution is 2.25. The summed E-state index contributed by atoms with van der Waals surface area (Å²) in [6, 6.07) is 20.2. The molecule has 0 saturated heterocycles. The standard InChI is InChI=1S/C24H21N3O4S/c1-30-21-12-6-5-11-19(21)25-22(28)15-27(14-18-10-7-13-31-18)24(29)20-16-32-23(26-20)17-8-3-2-4-9-17/h2-13,16H,14-15H2,1H3,(H,25,28). The van der Waals surface area contributed by atoms with Gasteiger partial charge >= 0.3 is 0 Å². The Balaban J connectivity index is 1.53. The van der Waals surface area contributed by atoms with Crippen molar-refractivity contribution >= 4 is 28.8 Å². The molecule has 0 aliphatic carbocycles. The Morgan fingerprint density at radius 1 is 1.06 bits per heavy atom. The van der Waals surface area contributed by atoms with Crippen LogP contribution in [0.4, 0.5) is 5.69 Å². The van der Waals surface area contributed by atoms with Crippen LogP contribution in [0.3, 0.4) is 0 Å². The third kappa shape index (κ3) is 5.04. The van der Waals surface area contributed by atoms with Gasteiger partial charge in [0.1, 0.15) is 28.8 Å². The lowest BCUT2D eigenvalue weighted by Gasteiger charge is -2.20. The minimum absolute atomic E-state index is 0.142. The summed E-state index contributed by atoms with van der Waals surface area (Å²) in [7, 11) is 1.53. The molecule has 0 bridgehead atoms. The summed E-state index contributed by atoms with van der Waals surface area (Å²) < 4.78 is 10.7. The maximum absolute atomic E-state index is 13.3. The summed E-state index contributed by atoms with van der Waals surface area (Å²) in [5, 5.41) is 5.25. The van der Waals surface area contributed by atoms with Crippen molar-refractivity contribution in [2.75, 3.05) is 19.0 Å². The minimum Gasteiger partial charge on any atom is -0.495 e. The van der Waals surface area contributed by atoms with E-state index in [9.17, 15) is 9.59 Å². The molecule has 7 nitrogen and oxygen atoms in total. The number of hydrogen-bond acceptors (Lipinski definition) is 6. The Hall–Kier alpha value is -3.91. The zero-order valence-electron chi connectivity index (χ0n) is 17.4. The van der Waals surface area contributed by atoms with Crippen LogP contribution < -0.4 is 10.1 Å². The quantitative estimate of drug-likeness (QED) is 0.423. The molecule has 0 unspecified atom stereocenters. The lowest BCUT2D eigenvalue weighted by molar-refractivity contribution is -0.117. The second-order valence-corrected chi connectivity index (χ2v) is 7.75. The number of nitrogens with zero attached hydrogens (tertiary/aromatic N) is 2. The number of thiazole rings is 1. The molecule has 4 aromatic rings. The Kier molecular flexibility index (Phi) is 6.62. The van der Waals surface area contributed by atoms with Crippen molar-refractivity contribution in [3.63, 3.8) is 0 Å². The van der Waals surface area contributed by atoms with Crippen LogP contribution in [0.25, 0.3) is 10.6 Å². The first-order valence-corrected chi connectivity index (χ1v) is 10.8. The van der Waals surface area contributed by atoms with Gasteiger partial charge in [0.05, 0.1) is 25.6 Å². The zero-order chi connectivity index (χ0) is 22.3. The summed E-state index contributed by atoms with van der Waals surface area (Å²) in [5.74, 6) is 0.404. The van der Waals surface area contributed by atoms with Crippen molar-refractivity contribution < 1.29 is 18.7 Å². The van der Waals surface area contributed by atoms with Crippen molar-refractivity contribution in [1.82, 2.24) is 9.88 Å². The molecule has 8 heteroatoms. The highest BCUT2D eigenvalue weighted by atomic mass is 32.1. The molecular weight excluding hydrogens is 426 g/mol. The molecule has 4 rings (SSSR count). The van der Waals surface area contributed by atoms with Crippen LogP contribution in [0.2, 0.25) is 0 Å². The molecule has 1 N–H and O–H groups in total. The van der Waals surface area contributed by atoms with Crippen molar-refractivity contribution in [1.29, 1.82) is 0 Å². The molecule has 2 heterocycles. The Labute approximate surface area is 189 Å². The first kappa shape index (κ1) is 21.3. The molecule has 0 fully saturated rings. The minimum atomic E-state index is -0.354. The Bertz CT molecular complexity index is 1190. The van der Waals surface area contributed by atoms with E-state index >= 15 is 0 Å². The number of anilines is 1. The van der Waals surface area contributed by atoms with Gasteiger partial charge in [0.25, 0.3) is 5.91 Å². The molecule has 0 spiro atoms. The number of carbonyl (C=O) groups is 2. The van der Waals surface area contributed by atoms with Crippen LogP contribution in [-0.4, -0.2) is 35.4 Å². The molecule has 162 valence electrons. The van der Waals surface area contributed by atoms with Gasteiger partial charge < -0.3 is 19.4 Å². The number of nitrogens with one attached hydrogen (secondary N) is 1. The summed E-state index contributed by atoms with van der Waals surface area (Å²) >= 11 is 1.38. The molecule has 0 saturated carbocycles. The van der Waals surface area contributed by atoms with Gasteiger partial charge in [0, 0.05) is 10.9 Å². The monoisotopic (exact) mass is 447 g/mol. The second kappa shape index (κ2) is 9.93. The van der Waals surface area contributed by atoms with E-state index in [0.717, 1.165) is 10.6 Å². The SMILES string of the molecule is COc1ccccc1NC(=O)CN(Cc1ccco1)C(=O)c1csc(-c2ccccc2)n1. The predicted molar refractivity (Wildman–Crippen MR) is 123 cm³/mol. The highest BCUT2D eigenvalue weighted by Gasteiger charge is 2.23. The Morgan fingerprint density at radius 2 is 1.84 bits per heavy atom. The van der Waals surface area contributed by atoms with Crippen LogP contribution in [0.15, 0.2) is 82.8 Å². The number of ether oxygens (including phenoxy) is 1. The number of para-hydroxylation sites is 2. The molecule has 2 aromatic heterocycles. The predicted octanol–water partition coefficient (Wildman–Crippen LogP) is 4.69. The molecule has 0 aliphatic rings. The number of benzene rings is 2. The number of methoxy groups -OCH3 is 1. The lowest BCUT2D eigenvalue weighted by atomic mass is 10.2. The summed E-state index contributed by atoms with van der Waals surface area (Å²) in [6.45, 7) is -0.0286. The number of hydrogen-bond donors (Lipinski definition) is 1. The van der Waals surface area contributed by atoms with Gasteiger partial charge in [-0.1, -0.05) is 42.5 Å². The lowest BCUT2D eigenvalue weighted by Crippen LogP contribution is -2.37. The van der Waals surface area contributed by atoms with E-state index in [1.807, 2.05) is 36.4 Å². The third-order valence-electron chi connectivity index (χ3n) is 4.67. The topological polar surface area (TPSA) is 84.7 Å². The molecule has 32 heavy (non-hydrogen) atoms. The van der Waals surface area contributed by atoms with Gasteiger partial charge in [-0.25, -0.2) is 4.98 Å². The molecule has 2 amide bonds. The largest absolute Gasteiger partial charge is 0.495 e. The number of aromatic nitrogens is 1. The van der Waals surface area contributed by atoms with Gasteiger partial charge in [-0.2, -0.15) is 0 Å². The first-order chi connectivity index (χ1) is 15.6. The van der Waals surface area contributed by atoms with Gasteiger partial charge in [0.15, 0.2) is 0 Å². The van der Waals surface area contributed by atoms with Crippen LogP contribution in [-0.2, 0) is 11.3 Å². The van der Waals surface area contributed by atoms with E-state index in [0.29, 0.717) is 17.2 Å². The van der Waals surface area contributed by atoms with Gasteiger partial charge in [-0.3, -0.25) is 9.59 Å². The molecule has 0 radical (unpaired) electrons. The fourth-order valence-electron chi connectivity index (χ4n) is 3.15. The van der Waals surface area contributed by atoms with Gasteiger partial charge in [0.2, 0.25) is 5.91 Å². The highest BCUT2D eigenvalue weighted by molar-refractivity contribution is 7.13. The van der Waals surface area contributed by atoms with E-state index in [4.69, 9.17) is 9.15 Å². The van der Waals surface area contributed by atoms with Gasteiger partial charge in [-0.15, -0.1) is 11.3 Å². The van der Waals surface area contributed by atoms with Crippen molar-refractivity contribution in [2.24, 2.45) is 0 Å². The smallest absolute Gasteiger partial charge is 0.274 e. The number of rotatable bonds is 8. The Morgan fingerprint density at radius 3 is 2.59 bits per heavy atom. The van der Waals surface area contributed by atoms with Crippen LogP contribution in [0, 0.1) is 0 Å². The summed E-state index contributed by atoms with van der Waals surface area (Å²) in [4.78, 5) is 31.9. The first-order valence-electron chi connectivity index (χ1n) is 9.89. The fourth-order valence-corrected chi connectivity index (χ4v) is 3.95. The van der Waals surface area contributed by atoms with Crippen molar-refractivity contribution in [2.45, 2.75) is 6.54 Å². The normalized spacial score (nSPS) is 10.5. The average Bonchev–Trinajstić information content (AvgIpc) is 3.51. The fraction of sp³-hybridized carbons (Fsp3) is 0.125. The summed E-state index contributed by atoms with van der Waals surface area (Å²) in [5.41, 5.74) is 1.75. The molecule has 2 aromatic carbocycles. The summed E-state index contributed by atoms with van der Waals surface area (Å²) in [6.07, 6.45) is 1.53. The van der Waals surface area contributed by atoms with Gasteiger partial charge in [-0.05, 0) is 24.3 Å². The van der Waals surface area contributed by atoms with Crippen molar-refractivity contribution in [3.8, 4) is 16.3 Å². The van der Waals surface area contributed by atoms with Crippen LogP contribution in [0.5, 0.6) is 5.75 Å². The van der Waals surface area contributed by atoms with E-state index in [2.05, 4.69) is 10.3 Å². The van der Waals surface area contributed by atoms with Crippen LogP contribution in [0.1, 0.15) is 16.2 Å². The van der Waals surface area contributed by atoms with E-state index in [1.54, 1.807) is 35.7 Å². The molecular formula is C24H21N3O4S. The number of amides is 2. The molecule has 0 atom stereocenters. The maximum atomic E-state index is 13.3. The second-order valence-electron chi connectivity index (χ2n) is 6.89. The van der Waals surface area contributed by atoms with Crippen molar-refractivity contribution in [3.05, 3.63) is 89.8 Å². The number of furan rings is 1. The van der Waals surface area contributed by atoms with Crippen LogP contribution >= 0.6 is 11.3 Å². The third-order valence-corrected chi connectivity index (χ3v) is 5.56. The number of carbonyl (C=O) groups excluding carboxylic acids is 2. The average molecular weight is 448 g/mol. The van der Waals surface area contributed by atoms with E-state index < -0.39 is 0 Å². The maximum Gasteiger partial charge on any atom is 0.274 e. The van der Waals surface area contributed by atoms with E-state index in [1.165, 1.54) is 29.6 Å². The van der Waals surface area contributed by atoms with E-state index in [-0.39, 0.29) is 30.6 Å².